The minimum atomic E-state index is -0.491. The summed E-state index contributed by atoms with van der Waals surface area (Å²) in [5.74, 6) is -0.100. The highest BCUT2D eigenvalue weighted by Gasteiger charge is 2.28. The Morgan fingerprint density at radius 1 is 1.14 bits per heavy atom. The summed E-state index contributed by atoms with van der Waals surface area (Å²) < 4.78 is 7.51. The summed E-state index contributed by atoms with van der Waals surface area (Å²) in [5.41, 5.74) is 2.26. The zero-order chi connectivity index (χ0) is 19.9. The number of nitrogens with one attached hydrogen (secondary N) is 1. The molecule has 1 aromatic heterocycles. The van der Waals surface area contributed by atoms with Gasteiger partial charge in [-0.05, 0) is 11.1 Å². The van der Waals surface area contributed by atoms with Crippen molar-refractivity contribution in [3.63, 3.8) is 0 Å². The monoisotopic (exact) mass is 391 g/mol. The van der Waals surface area contributed by atoms with Crippen LogP contribution in [0.3, 0.4) is 0 Å². The molecule has 4 rings (SSSR count). The first-order valence-corrected chi connectivity index (χ1v) is 9.83. The van der Waals surface area contributed by atoms with E-state index in [1.165, 1.54) is 11.9 Å². The second-order valence-corrected chi connectivity index (χ2v) is 7.17. The summed E-state index contributed by atoms with van der Waals surface area (Å²) in [6, 6.07) is 20.0. The molecule has 1 saturated heterocycles. The van der Waals surface area contributed by atoms with Gasteiger partial charge in [-0.2, -0.15) is 5.10 Å². The third-order valence-electron chi connectivity index (χ3n) is 5.05. The van der Waals surface area contributed by atoms with E-state index < -0.39 is 6.10 Å². The topological polar surface area (TPSA) is 72.3 Å². The maximum absolute atomic E-state index is 13.0. The number of benzene rings is 2. The predicted octanol–water partition coefficient (Wildman–Crippen LogP) is 2.04. The summed E-state index contributed by atoms with van der Waals surface area (Å²) in [7, 11) is 0. The highest BCUT2D eigenvalue weighted by Crippen LogP contribution is 2.17. The van der Waals surface area contributed by atoms with E-state index in [9.17, 15) is 4.79 Å². The smallest absolute Gasteiger partial charge is 0.251 e. The number of hydrogen-bond acceptors (Lipinski definition) is 5. The van der Waals surface area contributed by atoms with Gasteiger partial charge in [-0.1, -0.05) is 60.7 Å². The second kappa shape index (κ2) is 9.45. The number of amides is 1. The summed E-state index contributed by atoms with van der Waals surface area (Å²) in [4.78, 5) is 19.3. The van der Waals surface area contributed by atoms with E-state index in [4.69, 9.17) is 4.74 Å². The molecular formula is C22H25N5O2. The van der Waals surface area contributed by atoms with Crippen LogP contribution in [-0.4, -0.2) is 51.4 Å². The van der Waals surface area contributed by atoms with Crippen LogP contribution >= 0.6 is 0 Å². The van der Waals surface area contributed by atoms with Crippen LogP contribution in [0.4, 0.5) is 0 Å². The Balaban J connectivity index is 1.41. The Kier molecular flexibility index (Phi) is 6.29. The van der Waals surface area contributed by atoms with Crippen LogP contribution in [0.1, 0.15) is 17.2 Å². The molecule has 2 aromatic carbocycles. The number of carbonyl (C=O) groups is 1. The molecule has 0 saturated carbocycles. The zero-order valence-electron chi connectivity index (χ0n) is 16.2. The lowest BCUT2D eigenvalue weighted by atomic mass is 10.1. The number of ether oxygens (including phenoxy) is 1. The van der Waals surface area contributed by atoms with Crippen molar-refractivity contribution in [2.24, 2.45) is 0 Å². The minimum absolute atomic E-state index is 0.100. The number of aromatic nitrogens is 3. The number of hydrogen-bond donors (Lipinski definition) is 1. The van der Waals surface area contributed by atoms with Gasteiger partial charge in [0.2, 0.25) is 0 Å². The molecule has 0 radical (unpaired) electrons. The first-order valence-electron chi connectivity index (χ1n) is 9.83. The highest BCUT2D eigenvalue weighted by atomic mass is 16.5. The molecule has 1 N–H and O–H groups in total. The molecule has 0 spiro atoms. The van der Waals surface area contributed by atoms with Crippen LogP contribution < -0.4 is 5.32 Å². The van der Waals surface area contributed by atoms with Gasteiger partial charge in [0.25, 0.3) is 5.91 Å². The normalized spacial score (nSPS) is 18.3. The van der Waals surface area contributed by atoms with Crippen molar-refractivity contribution in [3.05, 3.63) is 84.4 Å². The molecule has 1 aliphatic rings. The second-order valence-electron chi connectivity index (χ2n) is 7.17. The fourth-order valence-electron chi connectivity index (χ4n) is 3.54. The van der Waals surface area contributed by atoms with Crippen molar-refractivity contribution in [2.45, 2.75) is 25.2 Å². The Labute approximate surface area is 170 Å². The summed E-state index contributed by atoms with van der Waals surface area (Å²) in [6.07, 6.45) is 2.66. The van der Waals surface area contributed by atoms with Crippen molar-refractivity contribution >= 4 is 5.91 Å². The molecule has 0 bridgehead atoms. The molecule has 3 aromatic rings. The first kappa shape index (κ1) is 19.3. The van der Waals surface area contributed by atoms with Gasteiger partial charge in [0.1, 0.15) is 18.8 Å². The number of rotatable bonds is 7. The highest BCUT2D eigenvalue weighted by molar-refractivity contribution is 5.81. The molecule has 7 heteroatoms. The lowest BCUT2D eigenvalue weighted by Crippen LogP contribution is -2.50. The quantitative estimate of drug-likeness (QED) is 0.667. The largest absolute Gasteiger partial charge is 0.366 e. The van der Waals surface area contributed by atoms with Crippen molar-refractivity contribution in [1.29, 1.82) is 0 Å². The lowest BCUT2D eigenvalue weighted by Gasteiger charge is -2.33. The van der Waals surface area contributed by atoms with Crippen LogP contribution in [0.2, 0.25) is 0 Å². The van der Waals surface area contributed by atoms with Gasteiger partial charge in [-0.15, -0.1) is 0 Å². The van der Waals surface area contributed by atoms with Crippen LogP contribution in [0.15, 0.2) is 73.3 Å². The van der Waals surface area contributed by atoms with Gasteiger partial charge in [-0.25, -0.2) is 4.98 Å². The van der Waals surface area contributed by atoms with Gasteiger partial charge in [0.05, 0.1) is 19.2 Å². The molecule has 1 amide bonds. The van der Waals surface area contributed by atoms with Gasteiger partial charge >= 0.3 is 0 Å². The molecular weight excluding hydrogens is 366 g/mol. The van der Waals surface area contributed by atoms with Crippen molar-refractivity contribution in [1.82, 2.24) is 25.0 Å². The van der Waals surface area contributed by atoms with Crippen molar-refractivity contribution < 1.29 is 9.53 Å². The summed E-state index contributed by atoms with van der Waals surface area (Å²) >= 11 is 0. The van der Waals surface area contributed by atoms with E-state index in [1.54, 1.807) is 11.0 Å². The zero-order valence-corrected chi connectivity index (χ0v) is 16.2. The third kappa shape index (κ3) is 5.28. The molecule has 2 unspecified atom stereocenters. The Morgan fingerprint density at radius 2 is 1.90 bits per heavy atom. The van der Waals surface area contributed by atoms with E-state index in [1.807, 2.05) is 48.5 Å². The van der Waals surface area contributed by atoms with Crippen molar-refractivity contribution in [3.8, 4) is 0 Å². The lowest BCUT2D eigenvalue weighted by molar-refractivity contribution is -0.139. The van der Waals surface area contributed by atoms with Crippen LogP contribution in [0.25, 0.3) is 0 Å². The molecule has 1 aliphatic heterocycles. The fourth-order valence-corrected chi connectivity index (χ4v) is 3.54. The molecule has 0 aliphatic carbocycles. The molecule has 2 heterocycles. The number of nitrogens with zero attached hydrogens (tertiary/aromatic N) is 4. The van der Waals surface area contributed by atoms with E-state index in [0.717, 1.165) is 18.7 Å². The number of carbonyl (C=O) groups excluding carboxylic acids is 1. The van der Waals surface area contributed by atoms with E-state index in [2.05, 4.69) is 32.4 Å². The summed E-state index contributed by atoms with van der Waals surface area (Å²) in [6.45, 7) is 3.26. The van der Waals surface area contributed by atoms with E-state index >= 15 is 0 Å². The minimum Gasteiger partial charge on any atom is -0.366 e. The third-order valence-corrected chi connectivity index (χ3v) is 5.05. The molecule has 2 atom stereocenters. The first-order chi connectivity index (χ1) is 14.3. The molecule has 29 heavy (non-hydrogen) atoms. The van der Waals surface area contributed by atoms with Crippen molar-refractivity contribution in [2.75, 3.05) is 19.7 Å². The van der Waals surface area contributed by atoms with E-state index in [-0.39, 0.29) is 11.9 Å². The Hall–Kier alpha value is -3.03. The maximum Gasteiger partial charge on any atom is 0.251 e. The van der Waals surface area contributed by atoms with Crippen LogP contribution in [0, 0.1) is 0 Å². The molecule has 150 valence electrons. The predicted molar refractivity (Wildman–Crippen MR) is 109 cm³/mol. The van der Waals surface area contributed by atoms with Gasteiger partial charge in [0.15, 0.2) is 0 Å². The maximum atomic E-state index is 13.0. The van der Waals surface area contributed by atoms with Crippen LogP contribution in [-0.2, 0) is 22.6 Å². The van der Waals surface area contributed by atoms with Gasteiger partial charge < -0.3 is 10.1 Å². The molecule has 7 nitrogen and oxygen atoms in total. The van der Waals surface area contributed by atoms with Gasteiger partial charge in [-0.3, -0.25) is 14.4 Å². The van der Waals surface area contributed by atoms with Gasteiger partial charge in [0, 0.05) is 19.6 Å². The average molecular weight is 391 g/mol. The SMILES string of the molecule is O=C(NC(Cn1cncn1)c1ccccc1)C1CN(Cc2ccccc2)CCO1. The van der Waals surface area contributed by atoms with Crippen LogP contribution in [0.5, 0.6) is 0 Å². The Morgan fingerprint density at radius 3 is 2.62 bits per heavy atom. The fraction of sp³-hybridized carbons (Fsp3) is 0.318. The summed E-state index contributed by atoms with van der Waals surface area (Å²) in [5, 5.41) is 7.32. The molecule has 1 fully saturated rings. The average Bonchev–Trinajstić information content (AvgIpc) is 3.28. The number of morpholine rings is 1. The Bertz CT molecular complexity index is 886. The standard InChI is InChI=1S/C22H25N5O2/c28-22(21-15-26(11-12-29-21)13-18-7-3-1-4-8-18)25-20(14-27-17-23-16-24-27)19-9-5-2-6-10-19/h1-10,16-17,20-21H,11-15H2,(H,25,28). The van der Waals surface area contributed by atoms with E-state index in [0.29, 0.717) is 19.7 Å².